The number of allylic oxidation sites excluding steroid dienone is 2. The Bertz CT molecular complexity index is 737. The van der Waals surface area contributed by atoms with Crippen LogP contribution in [-0.2, 0) is 9.59 Å². The van der Waals surface area contributed by atoms with Gasteiger partial charge < -0.3 is 0 Å². The number of amides is 2. The quantitative estimate of drug-likeness (QED) is 0.426. The van der Waals surface area contributed by atoms with Crippen molar-refractivity contribution in [1.82, 2.24) is 0 Å². The van der Waals surface area contributed by atoms with Gasteiger partial charge in [-0.25, -0.2) is 4.90 Å². The zero-order chi connectivity index (χ0) is 15.8. The van der Waals surface area contributed by atoms with Crippen LogP contribution < -0.4 is 4.90 Å². The molecule has 1 aliphatic heterocycles. The minimum absolute atomic E-state index is 0.127. The van der Waals surface area contributed by atoms with Crippen molar-refractivity contribution in [2.24, 2.45) is 23.2 Å². The standard InChI is InChI=1S/C16H12Cl3NO2/c1-16-8-3-2-7(4-8)12(16)14(21)20(15(16)22)9-5-10(17)13(19)11(18)6-9/h2-3,5-8,12H,4H2,1H3/t7-,8-,12-,16-/m0/s1. The molecule has 1 aromatic carbocycles. The average Bonchev–Trinajstić information content (AvgIpc) is 3.09. The van der Waals surface area contributed by atoms with Gasteiger partial charge in [0.15, 0.2) is 0 Å². The van der Waals surface area contributed by atoms with Crippen LogP contribution in [0.25, 0.3) is 0 Å². The molecule has 3 aliphatic rings. The molecule has 4 atom stereocenters. The molecule has 1 aromatic rings. The summed E-state index contributed by atoms with van der Waals surface area (Å²) >= 11 is 18.0. The summed E-state index contributed by atoms with van der Waals surface area (Å²) in [6, 6.07) is 3.04. The number of fused-ring (bicyclic) bond motifs is 5. The molecule has 1 saturated heterocycles. The van der Waals surface area contributed by atoms with Gasteiger partial charge >= 0.3 is 0 Å². The Labute approximate surface area is 142 Å². The van der Waals surface area contributed by atoms with Crippen molar-refractivity contribution in [2.75, 3.05) is 4.90 Å². The molecule has 0 radical (unpaired) electrons. The molecule has 0 N–H and O–H groups in total. The van der Waals surface area contributed by atoms with Crippen molar-refractivity contribution < 1.29 is 9.59 Å². The van der Waals surface area contributed by atoms with E-state index < -0.39 is 5.41 Å². The highest BCUT2D eigenvalue weighted by Crippen LogP contribution is 2.61. The summed E-state index contributed by atoms with van der Waals surface area (Å²) in [6.45, 7) is 1.89. The average molecular weight is 357 g/mol. The van der Waals surface area contributed by atoms with Gasteiger partial charge in [0.1, 0.15) is 0 Å². The van der Waals surface area contributed by atoms with Gasteiger partial charge in [0.25, 0.3) is 0 Å². The second-order valence-electron chi connectivity index (χ2n) is 6.35. The van der Waals surface area contributed by atoms with E-state index >= 15 is 0 Å². The van der Waals surface area contributed by atoms with E-state index in [0.29, 0.717) is 5.69 Å². The number of hydrogen-bond donors (Lipinski definition) is 0. The third kappa shape index (κ3) is 1.60. The first-order valence-corrected chi connectivity index (χ1v) is 8.20. The Morgan fingerprint density at radius 3 is 2.36 bits per heavy atom. The fourth-order valence-corrected chi connectivity index (χ4v) is 4.81. The van der Waals surface area contributed by atoms with Crippen LogP contribution in [0.3, 0.4) is 0 Å². The van der Waals surface area contributed by atoms with Crippen molar-refractivity contribution in [3.8, 4) is 0 Å². The number of hydrogen-bond acceptors (Lipinski definition) is 2. The summed E-state index contributed by atoms with van der Waals surface area (Å²) < 4.78 is 0. The predicted octanol–water partition coefficient (Wildman–Crippen LogP) is 4.35. The van der Waals surface area contributed by atoms with Crippen LogP contribution in [0.1, 0.15) is 13.3 Å². The minimum atomic E-state index is -0.658. The Balaban J connectivity index is 1.83. The van der Waals surface area contributed by atoms with Crippen LogP contribution in [0, 0.1) is 23.2 Å². The normalized spacial score (nSPS) is 35.6. The van der Waals surface area contributed by atoms with Crippen LogP contribution >= 0.6 is 34.8 Å². The molecule has 114 valence electrons. The zero-order valence-corrected chi connectivity index (χ0v) is 13.9. The Hall–Kier alpha value is -1.03. The molecule has 2 bridgehead atoms. The molecule has 6 heteroatoms. The maximum absolute atomic E-state index is 13.0. The molecule has 2 amide bonds. The lowest BCUT2D eigenvalue weighted by molar-refractivity contribution is -0.127. The number of carbonyl (C=O) groups excluding carboxylic acids is 2. The van der Waals surface area contributed by atoms with Gasteiger partial charge in [-0.2, -0.15) is 0 Å². The molecular formula is C16H12Cl3NO2. The highest BCUT2D eigenvalue weighted by Gasteiger charge is 2.67. The van der Waals surface area contributed by atoms with E-state index in [1.165, 1.54) is 17.0 Å². The number of imide groups is 1. The molecule has 2 aliphatic carbocycles. The van der Waals surface area contributed by atoms with E-state index in [2.05, 4.69) is 12.2 Å². The van der Waals surface area contributed by atoms with Gasteiger partial charge in [0, 0.05) is 0 Å². The Kier molecular flexibility index (Phi) is 2.98. The maximum Gasteiger partial charge on any atom is 0.241 e. The smallest absolute Gasteiger partial charge is 0.241 e. The largest absolute Gasteiger partial charge is 0.274 e. The van der Waals surface area contributed by atoms with Crippen LogP contribution in [0.15, 0.2) is 24.3 Å². The molecule has 0 spiro atoms. The third-order valence-electron chi connectivity index (χ3n) is 5.34. The fourth-order valence-electron chi connectivity index (χ4n) is 4.22. The lowest BCUT2D eigenvalue weighted by atomic mass is 9.71. The molecule has 0 unspecified atom stereocenters. The number of carbonyl (C=O) groups is 2. The second-order valence-corrected chi connectivity index (χ2v) is 7.55. The first kappa shape index (κ1) is 14.6. The molecule has 4 rings (SSSR count). The van der Waals surface area contributed by atoms with Crippen molar-refractivity contribution in [3.05, 3.63) is 39.4 Å². The molecule has 22 heavy (non-hydrogen) atoms. The number of halogens is 3. The summed E-state index contributed by atoms with van der Waals surface area (Å²) in [5.74, 6) is -0.354. The summed E-state index contributed by atoms with van der Waals surface area (Å²) in [4.78, 5) is 27.0. The van der Waals surface area contributed by atoms with Crippen molar-refractivity contribution in [2.45, 2.75) is 13.3 Å². The first-order chi connectivity index (χ1) is 10.4. The van der Waals surface area contributed by atoms with Gasteiger partial charge in [0.05, 0.1) is 32.1 Å². The second kappa shape index (κ2) is 4.50. The zero-order valence-electron chi connectivity index (χ0n) is 11.6. The maximum atomic E-state index is 13.0. The van der Waals surface area contributed by atoms with Crippen molar-refractivity contribution in [1.29, 1.82) is 0 Å². The van der Waals surface area contributed by atoms with E-state index in [-0.39, 0.29) is 44.6 Å². The number of nitrogens with zero attached hydrogens (tertiary/aromatic N) is 1. The summed E-state index contributed by atoms with van der Waals surface area (Å²) in [6.07, 6.45) is 5.01. The molecule has 3 nitrogen and oxygen atoms in total. The number of benzene rings is 1. The first-order valence-electron chi connectivity index (χ1n) is 7.07. The minimum Gasteiger partial charge on any atom is -0.274 e. The van der Waals surface area contributed by atoms with Gasteiger partial charge in [-0.3, -0.25) is 9.59 Å². The lowest BCUT2D eigenvalue weighted by Crippen LogP contribution is -2.37. The summed E-state index contributed by atoms with van der Waals surface area (Å²) in [5.41, 5.74) is -0.265. The predicted molar refractivity (Wildman–Crippen MR) is 86.3 cm³/mol. The molecule has 2 fully saturated rings. The van der Waals surface area contributed by atoms with Crippen LogP contribution in [0.2, 0.25) is 15.1 Å². The highest BCUT2D eigenvalue weighted by atomic mass is 35.5. The van der Waals surface area contributed by atoms with Crippen molar-refractivity contribution >= 4 is 52.3 Å². The monoisotopic (exact) mass is 355 g/mol. The van der Waals surface area contributed by atoms with Gasteiger partial charge in [-0.1, -0.05) is 47.0 Å². The molecule has 1 saturated carbocycles. The van der Waals surface area contributed by atoms with Gasteiger partial charge in [-0.05, 0) is 37.3 Å². The molecular weight excluding hydrogens is 345 g/mol. The Morgan fingerprint density at radius 1 is 1.14 bits per heavy atom. The van der Waals surface area contributed by atoms with E-state index in [9.17, 15) is 9.59 Å². The van der Waals surface area contributed by atoms with E-state index in [1.54, 1.807) is 0 Å². The number of anilines is 1. The SMILES string of the molecule is C[C@@]12C(=O)N(c3cc(Cl)c(Cl)c(Cl)c3)C(=O)[C@@H]1[C@H]1C=C[C@H]2C1. The van der Waals surface area contributed by atoms with E-state index in [4.69, 9.17) is 34.8 Å². The van der Waals surface area contributed by atoms with E-state index in [1.807, 2.05) is 6.92 Å². The Morgan fingerprint density at radius 2 is 1.77 bits per heavy atom. The van der Waals surface area contributed by atoms with Crippen LogP contribution in [-0.4, -0.2) is 11.8 Å². The van der Waals surface area contributed by atoms with E-state index in [0.717, 1.165) is 6.42 Å². The van der Waals surface area contributed by atoms with Gasteiger partial charge in [-0.15, -0.1) is 0 Å². The highest BCUT2D eigenvalue weighted by molar-refractivity contribution is 6.48. The van der Waals surface area contributed by atoms with Crippen LogP contribution in [0.4, 0.5) is 5.69 Å². The topological polar surface area (TPSA) is 37.4 Å². The van der Waals surface area contributed by atoms with Crippen molar-refractivity contribution in [3.63, 3.8) is 0 Å². The lowest BCUT2D eigenvalue weighted by Gasteiger charge is -2.28. The van der Waals surface area contributed by atoms with Crippen LogP contribution in [0.5, 0.6) is 0 Å². The third-order valence-corrected chi connectivity index (χ3v) is 6.54. The molecule has 0 aromatic heterocycles. The fraction of sp³-hybridized carbons (Fsp3) is 0.375. The number of rotatable bonds is 1. The van der Waals surface area contributed by atoms with Gasteiger partial charge in [0.2, 0.25) is 11.8 Å². The summed E-state index contributed by atoms with van der Waals surface area (Å²) in [5, 5.41) is 0.681. The molecule has 1 heterocycles. The summed E-state index contributed by atoms with van der Waals surface area (Å²) in [7, 11) is 0.